The highest BCUT2D eigenvalue weighted by atomic mass is 35.5. The molecule has 25 heavy (non-hydrogen) atoms. The fourth-order valence-corrected chi connectivity index (χ4v) is 3.56. The Morgan fingerprint density at radius 2 is 1.84 bits per heavy atom. The molecule has 1 saturated heterocycles. The predicted molar refractivity (Wildman–Crippen MR) is 107 cm³/mol. The van der Waals surface area contributed by atoms with E-state index in [1.807, 2.05) is 55.5 Å². The number of rotatable bonds is 3. The zero-order chi connectivity index (χ0) is 17.8. The van der Waals surface area contributed by atoms with E-state index in [0.717, 1.165) is 37.2 Å². The van der Waals surface area contributed by atoms with Gasteiger partial charge in [-0.3, -0.25) is 4.79 Å². The summed E-state index contributed by atoms with van der Waals surface area (Å²) in [5.41, 5.74) is 2.86. The van der Waals surface area contributed by atoms with E-state index in [1.54, 1.807) is 0 Å². The van der Waals surface area contributed by atoms with Crippen molar-refractivity contribution in [2.45, 2.75) is 19.8 Å². The van der Waals surface area contributed by atoms with Crippen molar-refractivity contribution < 1.29 is 4.79 Å². The molecule has 2 aromatic rings. The molecule has 0 aliphatic carbocycles. The van der Waals surface area contributed by atoms with Gasteiger partial charge in [0.1, 0.15) is 0 Å². The molecule has 2 aromatic carbocycles. The van der Waals surface area contributed by atoms with Crippen molar-refractivity contribution in [1.29, 1.82) is 0 Å². The number of carbonyl (C=O) groups is 1. The van der Waals surface area contributed by atoms with Crippen LogP contribution in [0.4, 0.5) is 5.69 Å². The molecule has 1 aliphatic heterocycles. The molecule has 1 aliphatic rings. The van der Waals surface area contributed by atoms with E-state index in [1.165, 1.54) is 5.56 Å². The molecule has 1 fully saturated rings. The Morgan fingerprint density at radius 1 is 1.16 bits per heavy atom. The van der Waals surface area contributed by atoms with Crippen LogP contribution in [0.3, 0.4) is 0 Å². The minimum atomic E-state index is 0.0768. The summed E-state index contributed by atoms with van der Waals surface area (Å²) in [7, 11) is 0. The summed E-state index contributed by atoms with van der Waals surface area (Å²) < 4.78 is 0. The lowest BCUT2D eigenvalue weighted by molar-refractivity contribution is 0.0873. The third kappa shape index (κ3) is 4.59. The topological polar surface area (TPSA) is 32.3 Å². The Morgan fingerprint density at radius 3 is 2.48 bits per heavy atom. The Balaban J connectivity index is 1.55. The Labute approximate surface area is 159 Å². The Hall–Kier alpha value is -1.91. The second-order valence-electron chi connectivity index (χ2n) is 6.43. The highest BCUT2D eigenvalue weighted by molar-refractivity contribution is 7.80. The molecule has 0 aromatic heterocycles. The van der Waals surface area contributed by atoms with E-state index in [-0.39, 0.29) is 11.7 Å². The first kappa shape index (κ1) is 17.9. The van der Waals surface area contributed by atoms with Gasteiger partial charge in [-0.25, -0.2) is 0 Å². The van der Waals surface area contributed by atoms with Gasteiger partial charge >= 0.3 is 0 Å². The van der Waals surface area contributed by atoms with Crippen molar-refractivity contribution in [3.8, 4) is 0 Å². The number of Topliss-reactive ketones (excluding diaryl/α,β-unsaturated/α-hetero) is 1. The predicted octanol–water partition coefficient (Wildman–Crippen LogP) is 4.94. The third-order valence-corrected chi connectivity index (χ3v) is 5.16. The van der Waals surface area contributed by atoms with E-state index < -0.39 is 0 Å². The van der Waals surface area contributed by atoms with E-state index in [0.29, 0.717) is 10.1 Å². The molecule has 0 bridgehead atoms. The molecule has 1 heterocycles. The second kappa shape index (κ2) is 7.98. The quantitative estimate of drug-likeness (QED) is 0.611. The number of piperidine rings is 1. The molecule has 3 rings (SSSR count). The van der Waals surface area contributed by atoms with Crippen molar-refractivity contribution in [1.82, 2.24) is 4.90 Å². The number of carbonyl (C=O) groups excluding carboxylic acids is 1. The van der Waals surface area contributed by atoms with Crippen LogP contribution in [0.2, 0.25) is 5.02 Å². The fraction of sp³-hybridized carbons (Fsp3) is 0.300. The summed E-state index contributed by atoms with van der Waals surface area (Å²) in [6.45, 7) is 3.60. The SMILES string of the molecule is Cc1ccc(C(=O)C2CCN(C(=S)Nc3cccc(Cl)c3)CC2)cc1. The molecule has 0 spiro atoms. The highest BCUT2D eigenvalue weighted by Gasteiger charge is 2.26. The average Bonchev–Trinajstić information content (AvgIpc) is 2.62. The number of hydrogen-bond acceptors (Lipinski definition) is 2. The van der Waals surface area contributed by atoms with Crippen molar-refractivity contribution in [2.24, 2.45) is 5.92 Å². The molecule has 0 unspecified atom stereocenters. The van der Waals surface area contributed by atoms with E-state index in [9.17, 15) is 4.79 Å². The van der Waals surface area contributed by atoms with Crippen LogP contribution in [-0.2, 0) is 0 Å². The van der Waals surface area contributed by atoms with Crippen molar-refractivity contribution in [3.05, 3.63) is 64.7 Å². The van der Waals surface area contributed by atoms with Crippen molar-refractivity contribution in [2.75, 3.05) is 18.4 Å². The summed E-state index contributed by atoms with van der Waals surface area (Å²) in [6, 6.07) is 15.3. The van der Waals surface area contributed by atoms with Gasteiger partial charge < -0.3 is 10.2 Å². The Kier molecular flexibility index (Phi) is 5.71. The lowest BCUT2D eigenvalue weighted by atomic mass is 9.89. The van der Waals surface area contributed by atoms with Gasteiger partial charge in [0.25, 0.3) is 0 Å². The number of anilines is 1. The second-order valence-corrected chi connectivity index (χ2v) is 7.26. The standard InChI is InChI=1S/C20H21ClN2OS/c1-14-5-7-15(8-6-14)19(24)16-9-11-23(12-10-16)20(25)22-18-4-2-3-17(21)13-18/h2-8,13,16H,9-12H2,1H3,(H,22,25). The average molecular weight is 373 g/mol. The molecule has 0 amide bonds. The number of ketones is 1. The monoisotopic (exact) mass is 372 g/mol. The van der Waals surface area contributed by atoms with Gasteiger partial charge in [0.15, 0.2) is 10.9 Å². The summed E-state index contributed by atoms with van der Waals surface area (Å²) in [5, 5.41) is 4.58. The normalized spacial score (nSPS) is 15.0. The molecule has 0 radical (unpaired) electrons. The van der Waals surface area contributed by atoms with E-state index in [4.69, 9.17) is 23.8 Å². The first-order valence-electron chi connectivity index (χ1n) is 8.45. The maximum absolute atomic E-state index is 12.6. The molecule has 0 saturated carbocycles. The number of benzene rings is 2. The minimum Gasteiger partial charge on any atom is -0.349 e. The zero-order valence-corrected chi connectivity index (χ0v) is 15.7. The van der Waals surface area contributed by atoms with Gasteiger partial charge in [0.05, 0.1) is 0 Å². The number of thiocarbonyl (C=S) groups is 1. The van der Waals surface area contributed by atoms with Crippen LogP contribution in [0.5, 0.6) is 0 Å². The number of hydrogen-bond donors (Lipinski definition) is 1. The van der Waals surface area contributed by atoms with Crippen LogP contribution in [0.15, 0.2) is 48.5 Å². The summed E-state index contributed by atoms with van der Waals surface area (Å²) >= 11 is 11.5. The molecule has 130 valence electrons. The Bertz CT molecular complexity index is 768. The maximum atomic E-state index is 12.6. The van der Waals surface area contributed by atoms with Crippen LogP contribution in [0.25, 0.3) is 0 Å². The number of nitrogens with zero attached hydrogens (tertiary/aromatic N) is 1. The first-order valence-corrected chi connectivity index (χ1v) is 9.24. The highest BCUT2D eigenvalue weighted by Crippen LogP contribution is 2.23. The summed E-state index contributed by atoms with van der Waals surface area (Å²) in [5.74, 6) is 0.321. The van der Waals surface area contributed by atoms with Gasteiger partial charge in [0.2, 0.25) is 0 Å². The number of aryl methyl sites for hydroxylation is 1. The van der Waals surface area contributed by atoms with Crippen LogP contribution in [0.1, 0.15) is 28.8 Å². The van der Waals surface area contributed by atoms with Crippen LogP contribution >= 0.6 is 23.8 Å². The first-order chi connectivity index (χ1) is 12.0. The number of likely N-dealkylation sites (tertiary alicyclic amines) is 1. The number of nitrogens with one attached hydrogen (secondary N) is 1. The molecular formula is C20H21ClN2OS. The van der Waals surface area contributed by atoms with E-state index >= 15 is 0 Å². The maximum Gasteiger partial charge on any atom is 0.173 e. The third-order valence-electron chi connectivity index (χ3n) is 4.56. The van der Waals surface area contributed by atoms with Gasteiger partial charge in [-0.05, 0) is 50.2 Å². The molecule has 5 heteroatoms. The van der Waals surface area contributed by atoms with Crippen molar-refractivity contribution in [3.63, 3.8) is 0 Å². The molecule has 1 N–H and O–H groups in total. The fourth-order valence-electron chi connectivity index (χ4n) is 3.07. The van der Waals surface area contributed by atoms with E-state index in [2.05, 4.69) is 10.2 Å². The van der Waals surface area contributed by atoms with Crippen LogP contribution in [-0.4, -0.2) is 28.9 Å². The van der Waals surface area contributed by atoms with Crippen LogP contribution < -0.4 is 5.32 Å². The largest absolute Gasteiger partial charge is 0.349 e. The molecule has 0 atom stereocenters. The zero-order valence-electron chi connectivity index (χ0n) is 14.2. The van der Waals surface area contributed by atoms with Gasteiger partial charge in [-0.2, -0.15) is 0 Å². The minimum absolute atomic E-state index is 0.0768. The molecular weight excluding hydrogens is 352 g/mol. The summed E-state index contributed by atoms with van der Waals surface area (Å²) in [4.78, 5) is 14.8. The molecule has 3 nitrogen and oxygen atoms in total. The van der Waals surface area contributed by atoms with Gasteiger partial charge in [-0.1, -0.05) is 47.5 Å². The summed E-state index contributed by atoms with van der Waals surface area (Å²) in [6.07, 6.45) is 1.65. The lowest BCUT2D eigenvalue weighted by Gasteiger charge is -2.33. The number of halogens is 1. The van der Waals surface area contributed by atoms with Gasteiger partial charge in [0, 0.05) is 35.3 Å². The van der Waals surface area contributed by atoms with Crippen molar-refractivity contribution >= 4 is 40.4 Å². The smallest absolute Gasteiger partial charge is 0.173 e. The van der Waals surface area contributed by atoms with Crippen LogP contribution in [0, 0.1) is 12.8 Å². The van der Waals surface area contributed by atoms with Gasteiger partial charge in [-0.15, -0.1) is 0 Å². The lowest BCUT2D eigenvalue weighted by Crippen LogP contribution is -2.42.